The summed E-state index contributed by atoms with van der Waals surface area (Å²) in [5.74, 6) is -2.47. The highest BCUT2D eigenvalue weighted by atomic mass is 19.1. The number of amides is 2. The summed E-state index contributed by atoms with van der Waals surface area (Å²) >= 11 is 0. The van der Waals surface area contributed by atoms with E-state index in [1.165, 1.54) is 12.1 Å². The molecule has 0 saturated heterocycles. The fraction of sp³-hybridized carbons (Fsp3) is 0.103. The lowest BCUT2D eigenvalue weighted by molar-refractivity contribution is -0.125. The van der Waals surface area contributed by atoms with Crippen LogP contribution in [-0.2, 0) is 16.0 Å². The number of hydrogen-bond acceptors (Lipinski definition) is 5. The standard InChI is InChI=1S/C29H22FN3O4/c30-21-13-10-19(11-14-21)28(35)33-32-25(34)17-37-29(36)26-22-8-4-5-9-24(22)31-27-20(12-15-23(26)27)16-18-6-2-1-3-7-18/h1-11,13-14,16H,12,15,17H2,(H,32,34)(H,33,35). The number of nitrogens with one attached hydrogen (secondary N) is 2. The number of halogens is 1. The minimum Gasteiger partial charge on any atom is -0.452 e. The second-order valence-corrected chi connectivity index (χ2v) is 8.50. The number of nitrogens with zero attached hydrogens (tertiary/aromatic N) is 1. The van der Waals surface area contributed by atoms with Crippen LogP contribution in [0.3, 0.4) is 0 Å². The van der Waals surface area contributed by atoms with E-state index in [2.05, 4.69) is 16.9 Å². The van der Waals surface area contributed by atoms with E-state index in [1.54, 1.807) is 6.07 Å². The van der Waals surface area contributed by atoms with E-state index in [1.807, 2.05) is 48.5 Å². The Morgan fingerprint density at radius 3 is 2.41 bits per heavy atom. The Labute approximate surface area is 212 Å². The van der Waals surface area contributed by atoms with E-state index in [9.17, 15) is 18.8 Å². The molecule has 1 aromatic heterocycles. The fourth-order valence-electron chi connectivity index (χ4n) is 4.30. The molecule has 8 heteroatoms. The Balaban J connectivity index is 1.32. The van der Waals surface area contributed by atoms with Gasteiger partial charge in [-0.05, 0) is 65.9 Å². The van der Waals surface area contributed by atoms with E-state index in [4.69, 9.17) is 9.72 Å². The maximum Gasteiger partial charge on any atom is 0.339 e. The molecule has 5 rings (SSSR count). The molecule has 0 radical (unpaired) electrons. The first-order valence-electron chi connectivity index (χ1n) is 11.7. The van der Waals surface area contributed by atoms with Crippen molar-refractivity contribution in [2.75, 3.05) is 6.61 Å². The number of hydrogen-bond donors (Lipinski definition) is 2. The summed E-state index contributed by atoms with van der Waals surface area (Å²) in [6, 6.07) is 22.1. The quantitative estimate of drug-likeness (QED) is 0.314. The summed E-state index contributed by atoms with van der Waals surface area (Å²) in [6.45, 7) is -0.597. The SMILES string of the molecule is O=C(COC(=O)c1c2c(nc3ccccc13)C(=Cc1ccccc1)CC2)NNC(=O)c1ccc(F)cc1. The van der Waals surface area contributed by atoms with Crippen molar-refractivity contribution >= 4 is 40.3 Å². The molecule has 0 atom stereocenters. The monoisotopic (exact) mass is 495 g/mol. The molecule has 0 bridgehead atoms. The molecule has 1 heterocycles. The van der Waals surface area contributed by atoms with Crippen LogP contribution < -0.4 is 10.9 Å². The van der Waals surface area contributed by atoms with E-state index >= 15 is 0 Å². The third-order valence-electron chi connectivity index (χ3n) is 6.04. The molecule has 1 aliphatic rings. The first-order valence-corrected chi connectivity index (χ1v) is 11.7. The van der Waals surface area contributed by atoms with Crippen LogP contribution in [0.2, 0.25) is 0 Å². The van der Waals surface area contributed by atoms with Crippen LogP contribution in [0.1, 0.15) is 44.0 Å². The lowest BCUT2D eigenvalue weighted by atomic mass is 10.0. The molecule has 7 nitrogen and oxygen atoms in total. The van der Waals surface area contributed by atoms with Gasteiger partial charge in [0.1, 0.15) is 5.82 Å². The molecule has 37 heavy (non-hydrogen) atoms. The summed E-state index contributed by atoms with van der Waals surface area (Å²) in [6.07, 6.45) is 3.42. The predicted molar refractivity (Wildman–Crippen MR) is 137 cm³/mol. The van der Waals surface area contributed by atoms with Crippen molar-refractivity contribution in [2.24, 2.45) is 0 Å². The van der Waals surface area contributed by atoms with Crippen molar-refractivity contribution in [2.45, 2.75) is 12.8 Å². The van der Waals surface area contributed by atoms with E-state index in [0.717, 1.165) is 40.9 Å². The summed E-state index contributed by atoms with van der Waals surface area (Å²) < 4.78 is 18.4. The molecule has 3 aromatic carbocycles. The van der Waals surface area contributed by atoms with Gasteiger partial charge in [-0.2, -0.15) is 0 Å². The fourth-order valence-corrected chi connectivity index (χ4v) is 4.30. The highest BCUT2D eigenvalue weighted by molar-refractivity contribution is 6.07. The summed E-state index contributed by atoms with van der Waals surface area (Å²) in [7, 11) is 0. The number of pyridine rings is 1. The molecule has 2 N–H and O–H groups in total. The lowest BCUT2D eigenvalue weighted by Gasteiger charge is -2.13. The average molecular weight is 496 g/mol. The van der Waals surface area contributed by atoms with Crippen LogP contribution in [-0.4, -0.2) is 29.4 Å². The largest absolute Gasteiger partial charge is 0.452 e. The second-order valence-electron chi connectivity index (χ2n) is 8.50. The first-order chi connectivity index (χ1) is 18.0. The predicted octanol–water partition coefficient (Wildman–Crippen LogP) is 4.48. The highest BCUT2D eigenvalue weighted by Crippen LogP contribution is 2.37. The average Bonchev–Trinajstić information content (AvgIpc) is 3.31. The zero-order valence-corrected chi connectivity index (χ0v) is 19.7. The maximum absolute atomic E-state index is 13.2. The van der Waals surface area contributed by atoms with Gasteiger partial charge in [-0.15, -0.1) is 0 Å². The number of para-hydroxylation sites is 1. The number of hydrazine groups is 1. The molecule has 4 aromatic rings. The number of benzene rings is 3. The van der Waals surface area contributed by atoms with Crippen molar-refractivity contribution in [3.8, 4) is 0 Å². The third kappa shape index (κ3) is 5.23. The van der Waals surface area contributed by atoms with Crippen LogP contribution >= 0.6 is 0 Å². The first kappa shape index (κ1) is 23.9. The van der Waals surface area contributed by atoms with E-state index in [-0.39, 0.29) is 5.56 Å². The van der Waals surface area contributed by atoms with Gasteiger partial charge in [-0.3, -0.25) is 20.4 Å². The van der Waals surface area contributed by atoms with Gasteiger partial charge in [-0.25, -0.2) is 14.2 Å². The highest BCUT2D eigenvalue weighted by Gasteiger charge is 2.28. The number of allylic oxidation sites excluding steroid dienone is 1. The van der Waals surface area contributed by atoms with Crippen LogP contribution in [0.4, 0.5) is 4.39 Å². The van der Waals surface area contributed by atoms with Gasteiger partial charge in [0.2, 0.25) is 0 Å². The molecule has 0 unspecified atom stereocenters. The molecule has 2 amide bonds. The maximum atomic E-state index is 13.2. The molecule has 1 aliphatic carbocycles. The molecule has 0 aliphatic heterocycles. The smallest absolute Gasteiger partial charge is 0.339 e. The number of rotatable bonds is 5. The van der Waals surface area contributed by atoms with Crippen LogP contribution in [0.25, 0.3) is 22.6 Å². The third-order valence-corrected chi connectivity index (χ3v) is 6.04. The normalized spacial score (nSPS) is 13.3. The van der Waals surface area contributed by atoms with Crippen molar-refractivity contribution in [1.29, 1.82) is 0 Å². The Morgan fingerprint density at radius 2 is 1.62 bits per heavy atom. The van der Waals surface area contributed by atoms with E-state index < -0.39 is 30.2 Å². The summed E-state index contributed by atoms with van der Waals surface area (Å²) in [4.78, 5) is 42.4. The van der Waals surface area contributed by atoms with Crippen molar-refractivity contribution in [3.05, 3.63) is 113 Å². The Bertz CT molecular complexity index is 1530. The van der Waals surface area contributed by atoms with Crippen molar-refractivity contribution in [3.63, 3.8) is 0 Å². The zero-order valence-electron chi connectivity index (χ0n) is 19.7. The van der Waals surface area contributed by atoms with Gasteiger partial charge in [0.05, 0.1) is 16.8 Å². The Hall–Kier alpha value is -4.85. The molecular formula is C29H22FN3O4. The van der Waals surface area contributed by atoms with Gasteiger partial charge in [0.15, 0.2) is 6.61 Å². The Kier molecular flexibility index (Phi) is 6.72. The van der Waals surface area contributed by atoms with Gasteiger partial charge in [0, 0.05) is 10.9 Å². The summed E-state index contributed by atoms with van der Waals surface area (Å²) in [5.41, 5.74) is 9.24. The number of aromatic nitrogens is 1. The second kappa shape index (κ2) is 10.4. The van der Waals surface area contributed by atoms with Crippen molar-refractivity contribution in [1.82, 2.24) is 15.8 Å². The minimum atomic E-state index is -0.719. The van der Waals surface area contributed by atoms with Gasteiger partial charge < -0.3 is 4.74 Å². The zero-order chi connectivity index (χ0) is 25.8. The minimum absolute atomic E-state index is 0.164. The van der Waals surface area contributed by atoms with Crippen LogP contribution in [0, 0.1) is 5.82 Å². The van der Waals surface area contributed by atoms with Crippen molar-refractivity contribution < 1.29 is 23.5 Å². The number of ether oxygens (including phenoxy) is 1. The van der Waals surface area contributed by atoms with Crippen LogP contribution in [0.15, 0.2) is 78.9 Å². The lowest BCUT2D eigenvalue weighted by Crippen LogP contribution is -2.43. The number of carbonyl (C=O) groups excluding carboxylic acids is 3. The Morgan fingerprint density at radius 1 is 0.892 bits per heavy atom. The number of carbonyl (C=O) groups is 3. The van der Waals surface area contributed by atoms with Gasteiger partial charge >= 0.3 is 5.97 Å². The van der Waals surface area contributed by atoms with Gasteiger partial charge in [-0.1, -0.05) is 48.5 Å². The molecule has 0 fully saturated rings. The number of esters is 1. The molecular weight excluding hydrogens is 473 g/mol. The number of fused-ring (bicyclic) bond motifs is 2. The van der Waals surface area contributed by atoms with E-state index in [0.29, 0.717) is 22.9 Å². The summed E-state index contributed by atoms with van der Waals surface area (Å²) in [5, 5.41) is 0.650. The van der Waals surface area contributed by atoms with Gasteiger partial charge in [0.25, 0.3) is 11.8 Å². The molecule has 184 valence electrons. The molecule has 0 saturated carbocycles. The topological polar surface area (TPSA) is 97.4 Å². The molecule has 0 spiro atoms. The van der Waals surface area contributed by atoms with Crippen LogP contribution in [0.5, 0.6) is 0 Å².